The third-order valence-electron chi connectivity index (χ3n) is 4.92. The molecule has 146 valence electrons. The van der Waals surface area contributed by atoms with E-state index in [0.717, 1.165) is 31.0 Å². The summed E-state index contributed by atoms with van der Waals surface area (Å²) in [4.78, 5) is 19.9. The number of fused-ring (bicyclic) bond motifs is 1. The van der Waals surface area contributed by atoms with Crippen molar-refractivity contribution in [2.24, 2.45) is 5.92 Å². The molecule has 27 heavy (non-hydrogen) atoms. The second-order valence-electron chi connectivity index (χ2n) is 7.00. The van der Waals surface area contributed by atoms with Crippen LogP contribution in [-0.4, -0.2) is 27.2 Å². The zero-order valence-electron chi connectivity index (χ0n) is 15.2. The summed E-state index contributed by atoms with van der Waals surface area (Å²) in [6.45, 7) is 3.81. The predicted octanol–water partition coefficient (Wildman–Crippen LogP) is 4.82. The van der Waals surface area contributed by atoms with Crippen molar-refractivity contribution in [3.8, 4) is 0 Å². The highest BCUT2D eigenvalue weighted by Gasteiger charge is 2.36. The standard InChI is InChI=1S/C19H22F3N3OS/c1-11-7-3-5-9-14(11)23-16(26)12(2)27-17-13-8-4-6-10-15(13)24-18(25-17)19(20,21)22/h4,6,8,10-12,14H,3,5,7,9H2,1-2H3,(H,23,26). The Bertz CT molecular complexity index is 827. The van der Waals surface area contributed by atoms with Crippen LogP contribution < -0.4 is 5.32 Å². The summed E-state index contributed by atoms with van der Waals surface area (Å²) < 4.78 is 39.4. The number of hydrogen-bond donors (Lipinski definition) is 1. The maximum Gasteiger partial charge on any atom is 0.451 e. The van der Waals surface area contributed by atoms with Crippen LogP contribution in [0.4, 0.5) is 13.2 Å². The van der Waals surface area contributed by atoms with Gasteiger partial charge in [-0.15, -0.1) is 0 Å². The highest BCUT2D eigenvalue weighted by atomic mass is 32.2. The van der Waals surface area contributed by atoms with E-state index in [4.69, 9.17) is 0 Å². The van der Waals surface area contributed by atoms with Crippen molar-refractivity contribution < 1.29 is 18.0 Å². The number of hydrogen-bond acceptors (Lipinski definition) is 4. The van der Waals surface area contributed by atoms with Crippen molar-refractivity contribution in [2.75, 3.05) is 0 Å². The Morgan fingerprint density at radius 3 is 2.63 bits per heavy atom. The zero-order valence-corrected chi connectivity index (χ0v) is 16.0. The number of rotatable bonds is 4. The van der Waals surface area contributed by atoms with Crippen LogP contribution in [0.3, 0.4) is 0 Å². The van der Waals surface area contributed by atoms with Crippen molar-refractivity contribution >= 4 is 28.6 Å². The van der Waals surface area contributed by atoms with E-state index < -0.39 is 17.3 Å². The Balaban J connectivity index is 1.81. The maximum atomic E-state index is 13.1. The molecule has 1 heterocycles. The maximum absolute atomic E-state index is 13.1. The van der Waals surface area contributed by atoms with Gasteiger partial charge in [0.15, 0.2) is 0 Å². The molecular weight excluding hydrogens is 375 g/mol. The summed E-state index contributed by atoms with van der Waals surface area (Å²) in [5.41, 5.74) is 0.218. The number of halogens is 3. The van der Waals surface area contributed by atoms with Crippen LogP contribution in [0.15, 0.2) is 29.3 Å². The molecule has 0 saturated heterocycles. The second kappa shape index (κ2) is 8.04. The van der Waals surface area contributed by atoms with Gasteiger partial charge >= 0.3 is 6.18 Å². The highest BCUT2D eigenvalue weighted by molar-refractivity contribution is 8.00. The molecule has 0 radical (unpaired) electrons. The molecule has 1 aliphatic carbocycles. The molecule has 4 nitrogen and oxygen atoms in total. The Morgan fingerprint density at radius 1 is 1.22 bits per heavy atom. The van der Waals surface area contributed by atoms with Gasteiger partial charge in [-0.3, -0.25) is 4.79 Å². The molecule has 8 heteroatoms. The van der Waals surface area contributed by atoms with E-state index >= 15 is 0 Å². The van der Waals surface area contributed by atoms with Gasteiger partial charge < -0.3 is 5.32 Å². The topological polar surface area (TPSA) is 54.9 Å². The fraction of sp³-hybridized carbons (Fsp3) is 0.526. The minimum absolute atomic E-state index is 0.127. The summed E-state index contributed by atoms with van der Waals surface area (Å²) in [7, 11) is 0. The van der Waals surface area contributed by atoms with Gasteiger partial charge in [0.1, 0.15) is 5.03 Å². The number of benzene rings is 1. The van der Waals surface area contributed by atoms with Crippen LogP contribution in [0.5, 0.6) is 0 Å². The van der Waals surface area contributed by atoms with E-state index in [1.165, 1.54) is 12.5 Å². The number of amides is 1. The zero-order chi connectivity index (χ0) is 19.6. The van der Waals surface area contributed by atoms with Crippen LogP contribution in [0, 0.1) is 5.92 Å². The van der Waals surface area contributed by atoms with Gasteiger partial charge in [-0.2, -0.15) is 13.2 Å². The molecule has 0 aliphatic heterocycles. The molecule has 1 saturated carbocycles. The summed E-state index contributed by atoms with van der Waals surface area (Å²) in [6, 6.07) is 6.67. The smallest absolute Gasteiger partial charge is 0.352 e. The SMILES string of the molecule is CC(Sc1nc(C(F)(F)F)nc2ccccc12)C(=O)NC1CCCCC1C. The number of carbonyl (C=O) groups excluding carboxylic acids is 1. The molecule has 3 atom stereocenters. The Morgan fingerprint density at radius 2 is 1.93 bits per heavy atom. The van der Waals surface area contributed by atoms with Crippen molar-refractivity contribution in [1.82, 2.24) is 15.3 Å². The van der Waals surface area contributed by atoms with E-state index in [1.807, 2.05) is 0 Å². The first-order chi connectivity index (χ1) is 12.8. The first-order valence-corrected chi connectivity index (χ1v) is 9.94. The number of nitrogens with one attached hydrogen (secondary N) is 1. The van der Waals surface area contributed by atoms with Crippen molar-refractivity contribution in [1.29, 1.82) is 0 Å². The van der Waals surface area contributed by atoms with Crippen LogP contribution >= 0.6 is 11.8 Å². The second-order valence-corrected chi connectivity index (χ2v) is 8.33. The lowest BCUT2D eigenvalue weighted by Gasteiger charge is -2.30. The first-order valence-electron chi connectivity index (χ1n) is 9.06. The van der Waals surface area contributed by atoms with Gasteiger partial charge in [0, 0.05) is 11.4 Å². The van der Waals surface area contributed by atoms with Gasteiger partial charge in [0.2, 0.25) is 11.7 Å². The molecule has 1 amide bonds. The van der Waals surface area contributed by atoms with E-state index in [0.29, 0.717) is 11.3 Å². The number of alkyl halides is 3. The molecule has 3 unspecified atom stereocenters. The third-order valence-corrected chi connectivity index (χ3v) is 6.02. The molecule has 1 fully saturated rings. The number of para-hydroxylation sites is 1. The fourth-order valence-corrected chi connectivity index (χ4v) is 4.26. The Labute approximate surface area is 160 Å². The molecule has 1 aliphatic rings. The summed E-state index contributed by atoms with van der Waals surface area (Å²) >= 11 is 1.04. The molecular formula is C19H22F3N3OS. The molecule has 2 aromatic rings. The monoisotopic (exact) mass is 397 g/mol. The molecule has 3 rings (SSSR count). The van der Waals surface area contributed by atoms with Gasteiger partial charge in [-0.05, 0) is 31.7 Å². The predicted molar refractivity (Wildman–Crippen MR) is 99.4 cm³/mol. The molecule has 0 spiro atoms. The van der Waals surface area contributed by atoms with E-state index in [-0.39, 0.29) is 22.5 Å². The quantitative estimate of drug-likeness (QED) is 0.593. The molecule has 1 aromatic heterocycles. The van der Waals surface area contributed by atoms with Crippen molar-refractivity contribution in [3.05, 3.63) is 30.1 Å². The number of nitrogens with zero attached hydrogens (tertiary/aromatic N) is 2. The number of carbonyl (C=O) groups is 1. The van der Waals surface area contributed by atoms with Crippen LogP contribution in [0.1, 0.15) is 45.4 Å². The summed E-state index contributed by atoms with van der Waals surface area (Å²) in [5.74, 6) is -0.941. The average Bonchev–Trinajstić information content (AvgIpc) is 2.62. The lowest BCUT2D eigenvalue weighted by atomic mass is 9.86. The molecule has 0 bridgehead atoms. The minimum Gasteiger partial charge on any atom is -0.352 e. The normalized spacial score (nSPS) is 21.8. The van der Waals surface area contributed by atoms with E-state index in [1.54, 1.807) is 25.1 Å². The third kappa shape index (κ3) is 4.72. The van der Waals surface area contributed by atoms with E-state index in [2.05, 4.69) is 22.2 Å². The van der Waals surface area contributed by atoms with Gasteiger partial charge in [0.05, 0.1) is 10.8 Å². The highest BCUT2D eigenvalue weighted by Crippen LogP contribution is 2.34. The van der Waals surface area contributed by atoms with Crippen molar-refractivity contribution in [2.45, 2.75) is 62.0 Å². The van der Waals surface area contributed by atoms with Gasteiger partial charge in [-0.25, -0.2) is 9.97 Å². The first kappa shape index (κ1) is 19.9. The van der Waals surface area contributed by atoms with E-state index in [9.17, 15) is 18.0 Å². The Kier molecular flexibility index (Phi) is 5.93. The van der Waals surface area contributed by atoms with Crippen molar-refractivity contribution in [3.63, 3.8) is 0 Å². The fourth-order valence-electron chi connectivity index (χ4n) is 3.32. The van der Waals surface area contributed by atoms with Crippen LogP contribution in [-0.2, 0) is 11.0 Å². The number of thioether (sulfide) groups is 1. The Hall–Kier alpha value is -1.83. The molecule has 1 aromatic carbocycles. The summed E-state index contributed by atoms with van der Waals surface area (Å²) in [5, 5.41) is 3.19. The largest absolute Gasteiger partial charge is 0.451 e. The van der Waals surface area contributed by atoms with Crippen LogP contribution in [0.25, 0.3) is 10.9 Å². The lowest BCUT2D eigenvalue weighted by Crippen LogP contribution is -2.44. The van der Waals surface area contributed by atoms with Gasteiger partial charge in [-0.1, -0.05) is 49.7 Å². The summed E-state index contributed by atoms with van der Waals surface area (Å²) in [6.07, 6.45) is -0.355. The molecule has 1 N–H and O–H groups in total. The van der Waals surface area contributed by atoms with Gasteiger partial charge in [0.25, 0.3) is 0 Å². The minimum atomic E-state index is -4.64. The lowest BCUT2D eigenvalue weighted by molar-refractivity contribution is -0.145. The van der Waals surface area contributed by atoms with Crippen LogP contribution in [0.2, 0.25) is 0 Å². The number of aromatic nitrogens is 2. The average molecular weight is 397 g/mol.